The van der Waals surface area contributed by atoms with Gasteiger partial charge < -0.3 is 15.2 Å². The number of aliphatic hydroxyl groups is 1. The van der Waals surface area contributed by atoms with Crippen molar-refractivity contribution in [3.63, 3.8) is 0 Å². The molecule has 4 fully saturated rings. The molecule has 0 aromatic rings. The molecule has 0 aromatic heterocycles. The molecule has 10 atom stereocenters. The lowest BCUT2D eigenvalue weighted by Crippen LogP contribution is -2.54. The van der Waals surface area contributed by atoms with E-state index in [2.05, 4.69) is 33.0 Å². The normalized spacial score (nSPS) is 47.2. The van der Waals surface area contributed by atoms with E-state index in [9.17, 15) is 9.90 Å². The summed E-state index contributed by atoms with van der Waals surface area (Å²) in [5.74, 6) is 5.62. The zero-order chi connectivity index (χ0) is 23.5. The van der Waals surface area contributed by atoms with Crippen molar-refractivity contribution in [2.45, 2.75) is 111 Å². The van der Waals surface area contributed by atoms with Crippen molar-refractivity contribution in [3.8, 4) is 0 Å². The zero-order valence-electron chi connectivity index (χ0n) is 21.7. The van der Waals surface area contributed by atoms with Gasteiger partial charge in [0.15, 0.2) is 0 Å². The molecule has 2 N–H and O–H groups in total. The first-order valence-electron chi connectivity index (χ1n) is 13.9. The Morgan fingerprint density at radius 1 is 1.12 bits per heavy atom. The topological polar surface area (TPSA) is 58.6 Å². The second-order valence-electron chi connectivity index (χ2n) is 13.2. The largest absolute Gasteiger partial charge is 0.494 e. The molecule has 0 spiro atoms. The molecule has 4 heteroatoms. The molecule has 0 aromatic carbocycles. The van der Waals surface area contributed by atoms with Crippen molar-refractivity contribution in [1.29, 1.82) is 0 Å². The van der Waals surface area contributed by atoms with Gasteiger partial charge in [-0.1, -0.05) is 20.8 Å². The van der Waals surface area contributed by atoms with E-state index in [4.69, 9.17) is 4.74 Å². The average Bonchev–Trinajstić information content (AvgIpc) is 3.24. The molecule has 4 nitrogen and oxygen atoms in total. The number of carbonyl (C=O) groups excluding carboxylic acids is 1. The minimum Gasteiger partial charge on any atom is -0.494 e. The molecule has 5 aliphatic rings. The van der Waals surface area contributed by atoms with Gasteiger partial charge in [0.2, 0.25) is 5.91 Å². The summed E-state index contributed by atoms with van der Waals surface area (Å²) in [6, 6.07) is 0. The molecule has 4 aliphatic carbocycles. The SMILES string of the molecule is CC(=O)NC[C@@H](C)CCC1=C(C)[C@H]2[C@H](C[C@H]3[C@@H]4CC[C@H]5C[C@@H](O)CC[C@]5(C)[C@H]4CC[C@@]32C)O1. The molecule has 0 bridgehead atoms. The summed E-state index contributed by atoms with van der Waals surface area (Å²) in [4.78, 5) is 11.2. The third kappa shape index (κ3) is 3.87. The highest BCUT2D eigenvalue weighted by atomic mass is 16.5. The summed E-state index contributed by atoms with van der Waals surface area (Å²) in [7, 11) is 0. The second-order valence-corrected chi connectivity index (χ2v) is 13.2. The lowest BCUT2D eigenvalue weighted by atomic mass is 9.44. The van der Waals surface area contributed by atoms with Crippen LogP contribution < -0.4 is 5.32 Å². The van der Waals surface area contributed by atoms with E-state index in [-0.39, 0.29) is 12.0 Å². The molecule has 0 unspecified atom stereocenters. The second kappa shape index (κ2) is 8.57. The number of amides is 1. The maximum Gasteiger partial charge on any atom is 0.216 e. The van der Waals surface area contributed by atoms with E-state index in [0.29, 0.717) is 28.8 Å². The maximum absolute atomic E-state index is 11.2. The minimum atomic E-state index is -0.0557. The lowest BCUT2D eigenvalue weighted by molar-refractivity contribution is -0.124. The molecular weight excluding hydrogens is 410 g/mol. The number of nitrogens with one attached hydrogen (secondary N) is 1. The summed E-state index contributed by atoms with van der Waals surface area (Å²) >= 11 is 0. The fourth-order valence-corrected chi connectivity index (χ4v) is 9.62. The van der Waals surface area contributed by atoms with E-state index >= 15 is 0 Å². The Morgan fingerprint density at radius 2 is 1.88 bits per heavy atom. The monoisotopic (exact) mass is 457 g/mol. The van der Waals surface area contributed by atoms with E-state index in [1.54, 1.807) is 6.92 Å². The average molecular weight is 458 g/mol. The molecule has 1 heterocycles. The Morgan fingerprint density at radius 3 is 2.64 bits per heavy atom. The summed E-state index contributed by atoms with van der Waals surface area (Å²) in [6.45, 7) is 12.1. The van der Waals surface area contributed by atoms with Crippen LogP contribution in [0.3, 0.4) is 0 Å². The van der Waals surface area contributed by atoms with E-state index in [1.807, 2.05) is 0 Å². The molecule has 0 radical (unpaired) electrons. The van der Waals surface area contributed by atoms with Crippen LogP contribution in [-0.4, -0.2) is 29.8 Å². The van der Waals surface area contributed by atoms with Gasteiger partial charge in [-0.05, 0) is 111 Å². The van der Waals surface area contributed by atoms with Crippen molar-refractivity contribution >= 4 is 5.91 Å². The maximum atomic E-state index is 11.2. The highest BCUT2D eigenvalue weighted by molar-refractivity contribution is 5.72. The number of hydrogen-bond acceptors (Lipinski definition) is 3. The minimum absolute atomic E-state index is 0.0557. The molecule has 1 aliphatic heterocycles. The lowest BCUT2D eigenvalue weighted by Gasteiger charge is -2.60. The first-order chi connectivity index (χ1) is 15.6. The molecule has 33 heavy (non-hydrogen) atoms. The van der Waals surface area contributed by atoms with E-state index < -0.39 is 0 Å². The first kappa shape index (κ1) is 23.7. The summed E-state index contributed by atoms with van der Waals surface area (Å²) in [5, 5.41) is 13.3. The number of ether oxygens (including phenoxy) is 1. The van der Waals surface area contributed by atoms with Gasteiger partial charge in [-0.2, -0.15) is 0 Å². The zero-order valence-corrected chi connectivity index (χ0v) is 21.7. The van der Waals surface area contributed by atoms with Gasteiger partial charge in [0, 0.05) is 25.8 Å². The summed E-state index contributed by atoms with van der Waals surface area (Å²) in [6.07, 6.45) is 12.4. The van der Waals surface area contributed by atoms with E-state index in [0.717, 1.165) is 55.9 Å². The molecule has 5 rings (SSSR count). The van der Waals surface area contributed by atoms with Gasteiger partial charge in [0.25, 0.3) is 0 Å². The fraction of sp³-hybridized carbons (Fsp3) is 0.897. The highest BCUT2D eigenvalue weighted by Gasteiger charge is 2.64. The predicted octanol–water partition coefficient (Wildman–Crippen LogP) is 5.84. The van der Waals surface area contributed by atoms with Gasteiger partial charge in [-0.15, -0.1) is 0 Å². The van der Waals surface area contributed by atoms with Crippen LogP contribution >= 0.6 is 0 Å². The van der Waals surface area contributed by atoms with Gasteiger partial charge in [-0.3, -0.25) is 4.79 Å². The van der Waals surface area contributed by atoms with Crippen molar-refractivity contribution in [1.82, 2.24) is 5.32 Å². The predicted molar refractivity (Wildman–Crippen MR) is 131 cm³/mol. The molecule has 1 amide bonds. The standard InChI is InChI=1S/C29H47NO3/c1-17(16-30-19(3)31)6-9-25-18(2)27-26(33-25)15-24-22-8-7-20-14-21(32)10-12-28(20,4)23(22)11-13-29(24,27)5/h17,20-24,26-27,32H,6-16H2,1-5H3,(H,30,31)/t17-,20-,21-,22+,23-,24-,26-,27-,28-,29-/m0/s1. The first-order valence-corrected chi connectivity index (χ1v) is 13.9. The number of hydrogen-bond donors (Lipinski definition) is 2. The fourth-order valence-electron chi connectivity index (χ4n) is 9.62. The quantitative estimate of drug-likeness (QED) is 0.545. The van der Waals surface area contributed by atoms with E-state index in [1.165, 1.54) is 49.9 Å². The van der Waals surface area contributed by atoms with Crippen LogP contribution in [0.4, 0.5) is 0 Å². The number of allylic oxidation sites excluding steroid dienone is 1. The van der Waals surface area contributed by atoms with Crippen LogP contribution in [0, 0.1) is 46.3 Å². The Labute approximate surface area is 201 Å². The molecular formula is C29H47NO3. The third-order valence-corrected chi connectivity index (χ3v) is 11.4. The number of aliphatic hydroxyl groups excluding tert-OH is 1. The van der Waals surface area contributed by atoms with Crippen LogP contribution in [0.1, 0.15) is 98.8 Å². The van der Waals surface area contributed by atoms with Gasteiger partial charge in [0.05, 0.1) is 11.9 Å². The Hall–Kier alpha value is -1.03. The highest BCUT2D eigenvalue weighted by Crippen LogP contribution is 2.69. The smallest absolute Gasteiger partial charge is 0.216 e. The van der Waals surface area contributed by atoms with Crippen molar-refractivity contribution < 1.29 is 14.6 Å². The van der Waals surface area contributed by atoms with Crippen LogP contribution in [0.5, 0.6) is 0 Å². The Bertz CT molecular complexity index is 807. The van der Waals surface area contributed by atoms with Crippen LogP contribution in [0.15, 0.2) is 11.3 Å². The van der Waals surface area contributed by atoms with Crippen LogP contribution in [0.2, 0.25) is 0 Å². The van der Waals surface area contributed by atoms with Crippen LogP contribution in [-0.2, 0) is 9.53 Å². The molecule has 186 valence electrons. The summed E-state index contributed by atoms with van der Waals surface area (Å²) in [5.41, 5.74) is 2.37. The van der Waals surface area contributed by atoms with Gasteiger partial charge >= 0.3 is 0 Å². The molecule has 0 saturated heterocycles. The number of fused-ring (bicyclic) bond motifs is 7. The van der Waals surface area contributed by atoms with Crippen molar-refractivity contribution in [2.24, 2.45) is 46.3 Å². The number of carbonyl (C=O) groups is 1. The van der Waals surface area contributed by atoms with Gasteiger partial charge in [0.1, 0.15) is 6.10 Å². The Balaban J connectivity index is 1.28. The van der Waals surface area contributed by atoms with Gasteiger partial charge in [-0.25, -0.2) is 0 Å². The Kier molecular flexibility index (Phi) is 6.16. The summed E-state index contributed by atoms with van der Waals surface area (Å²) < 4.78 is 6.72. The third-order valence-electron chi connectivity index (χ3n) is 11.4. The van der Waals surface area contributed by atoms with Crippen LogP contribution in [0.25, 0.3) is 0 Å². The van der Waals surface area contributed by atoms with Crippen molar-refractivity contribution in [3.05, 3.63) is 11.3 Å². The number of rotatable bonds is 5. The molecule has 4 saturated carbocycles. The van der Waals surface area contributed by atoms with Crippen molar-refractivity contribution in [2.75, 3.05) is 6.54 Å².